The van der Waals surface area contributed by atoms with E-state index >= 15 is 0 Å². The first-order valence-electron chi connectivity index (χ1n) is 7.05. The predicted octanol–water partition coefficient (Wildman–Crippen LogP) is -0.378. The van der Waals surface area contributed by atoms with Gasteiger partial charge in [-0.2, -0.15) is 4.31 Å². The van der Waals surface area contributed by atoms with E-state index in [1.807, 2.05) is 6.92 Å². The van der Waals surface area contributed by atoms with E-state index in [4.69, 9.17) is 0 Å². The highest BCUT2D eigenvalue weighted by Gasteiger charge is 2.39. The summed E-state index contributed by atoms with van der Waals surface area (Å²) in [4.78, 5) is 14.2. The van der Waals surface area contributed by atoms with Crippen LogP contribution in [0.1, 0.15) is 26.2 Å². The number of hydrogen-bond acceptors (Lipinski definition) is 4. The smallest absolute Gasteiger partial charge is 0.241 e. The molecule has 1 amide bonds. The second-order valence-corrected chi connectivity index (χ2v) is 7.20. The summed E-state index contributed by atoms with van der Waals surface area (Å²) in [5, 5.41) is 3.20. The molecule has 110 valence electrons. The number of carbonyl (C=O) groups excluding carboxylic acids is 1. The minimum atomic E-state index is -3.27. The van der Waals surface area contributed by atoms with Crippen molar-refractivity contribution in [1.82, 2.24) is 14.5 Å². The van der Waals surface area contributed by atoms with E-state index in [1.54, 1.807) is 4.90 Å². The van der Waals surface area contributed by atoms with Crippen LogP contribution >= 0.6 is 0 Å². The van der Waals surface area contributed by atoms with Gasteiger partial charge in [-0.1, -0.05) is 6.92 Å². The number of carbonyl (C=O) groups is 1. The Morgan fingerprint density at radius 3 is 2.58 bits per heavy atom. The van der Waals surface area contributed by atoms with Gasteiger partial charge >= 0.3 is 0 Å². The Morgan fingerprint density at radius 1 is 1.26 bits per heavy atom. The predicted molar refractivity (Wildman–Crippen MR) is 73.3 cm³/mol. The molecule has 7 heteroatoms. The lowest BCUT2D eigenvalue weighted by atomic mass is 10.2. The molecule has 19 heavy (non-hydrogen) atoms. The van der Waals surface area contributed by atoms with Crippen LogP contribution < -0.4 is 5.32 Å². The van der Waals surface area contributed by atoms with Gasteiger partial charge in [-0.3, -0.25) is 4.79 Å². The van der Waals surface area contributed by atoms with E-state index in [-0.39, 0.29) is 11.7 Å². The molecule has 1 unspecified atom stereocenters. The number of sulfonamides is 1. The molecule has 0 aromatic heterocycles. The molecule has 0 aromatic carbocycles. The van der Waals surface area contributed by atoms with Gasteiger partial charge in [-0.15, -0.1) is 0 Å². The van der Waals surface area contributed by atoms with Crippen LogP contribution in [0.2, 0.25) is 0 Å². The summed E-state index contributed by atoms with van der Waals surface area (Å²) in [6.45, 7) is 5.28. The van der Waals surface area contributed by atoms with Gasteiger partial charge in [0.2, 0.25) is 15.9 Å². The van der Waals surface area contributed by atoms with Crippen LogP contribution in [0.4, 0.5) is 0 Å². The van der Waals surface area contributed by atoms with Crippen molar-refractivity contribution in [2.45, 2.75) is 32.2 Å². The van der Waals surface area contributed by atoms with E-state index in [0.29, 0.717) is 32.5 Å². The summed E-state index contributed by atoms with van der Waals surface area (Å²) < 4.78 is 25.8. The third-order valence-corrected chi connectivity index (χ3v) is 5.81. The normalized spacial score (nSPS) is 25.7. The minimum Gasteiger partial charge on any atom is -0.339 e. The van der Waals surface area contributed by atoms with Crippen LogP contribution in [0.5, 0.6) is 0 Å². The van der Waals surface area contributed by atoms with Crippen molar-refractivity contribution in [3.05, 3.63) is 0 Å². The lowest BCUT2D eigenvalue weighted by Crippen LogP contribution is -2.53. The van der Waals surface area contributed by atoms with Gasteiger partial charge in [-0.05, 0) is 19.3 Å². The van der Waals surface area contributed by atoms with Crippen molar-refractivity contribution < 1.29 is 13.2 Å². The lowest BCUT2D eigenvalue weighted by molar-refractivity contribution is -0.135. The van der Waals surface area contributed by atoms with Gasteiger partial charge in [0.25, 0.3) is 0 Å². The zero-order chi connectivity index (χ0) is 13.9. The topological polar surface area (TPSA) is 69.7 Å². The number of nitrogens with zero attached hydrogens (tertiary/aromatic N) is 2. The van der Waals surface area contributed by atoms with E-state index in [9.17, 15) is 13.2 Å². The summed E-state index contributed by atoms with van der Waals surface area (Å²) >= 11 is 0. The minimum absolute atomic E-state index is 0.0151. The zero-order valence-corrected chi connectivity index (χ0v) is 12.3. The highest BCUT2D eigenvalue weighted by molar-refractivity contribution is 7.89. The Bertz CT molecular complexity index is 418. The van der Waals surface area contributed by atoms with Crippen LogP contribution in [-0.2, 0) is 14.8 Å². The second kappa shape index (κ2) is 6.19. The van der Waals surface area contributed by atoms with Crippen molar-refractivity contribution in [3.8, 4) is 0 Å². The summed E-state index contributed by atoms with van der Waals surface area (Å²) in [5.41, 5.74) is 0. The Balaban J connectivity index is 2.07. The molecule has 1 atom stereocenters. The van der Waals surface area contributed by atoms with Gasteiger partial charge < -0.3 is 10.2 Å². The largest absolute Gasteiger partial charge is 0.339 e. The van der Waals surface area contributed by atoms with Crippen molar-refractivity contribution in [2.24, 2.45) is 0 Å². The highest BCUT2D eigenvalue weighted by Crippen LogP contribution is 2.23. The summed E-state index contributed by atoms with van der Waals surface area (Å²) in [6, 6.07) is -0.463. The number of piperazine rings is 1. The SMILES string of the molecule is CCCS(=O)(=O)N1CCCC1C(=O)N1CCNCC1. The molecule has 2 aliphatic heterocycles. The molecule has 2 rings (SSSR count). The third kappa shape index (κ3) is 3.27. The van der Waals surface area contributed by atoms with Gasteiger partial charge in [0.1, 0.15) is 6.04 Å². The van der Waals surface area contributed by atoms with Crippen LogP contribution in [0, 0.1) is 0 Å². The summed E-state index contributed by atoms with van der Waals surface area (Å²) in [7, 11) is -3.27. The monoisotopic (exact) mass is 289 g/mol. The molecule has 2 fully saturated rings. The third-order valence-electron chi connectivity index (χ3n) is 3.74. The van der Waals surface area contributed by atoms with E-state index in [0.717, 1.165) is 19.5 Å². The molecule has 6 nitrogen and oxygen atoms in total. The summed E-state index contributed by atoms with van der Waals surface area (Å²) in [6.07, 6.45) is 2.03. The number of hydrogen-bond donors (Lipinski definition) is 1. The van der Waals surface area contributed by atoms with Crippen molar-refractivity contribution in [1.29, 1.82) is 0 Å². The highest BCUT2D eigenvalue weighted by atomic mass is 32.2. The first-order chi connectivity index (χ1) is 9.06. The first kappa shape index (κ1) is 14.7. The van der Waals surface area contributed by atoms with Gasteiger partial charge in [0.15, 0.2) is 0 Å². The summed E-state index contributed by atoms with van der Waals surface area (Å²) in [5.74, 6) is 0.122. The molecule has 0 saturated carbocycles. The molecule has 2 aliphatic rings. The maximum Gasteiger partial charge on any atom is 0.241 e. The van der Waals surface area contributed by atoms with E-state index < -0.39 is 16.1 Å². The van der Waals surface area contributed by atoms with Crippen LogP contribution in [0.25, 0.3) is 0 Å². The Hall–Kier alpha value is -0.660. The average Bonchev–Trinajstić information content (AvgIpc) is 2.89. The molecule has 0 aliphatic carbocycles. The Labute approximate surface area is 115 Å². The van der Waals surface area contributed by atoms with Crippen LogP contribution in [-0.4, -0.2) is 68.0 Å². The molecular weight excluding hydrogens is 266 g/mol. The van der Waals surface area contributed by atoms with E-state index in [2.05, 4.69) is 5.32 Å². The number of rotatable bonds is 4. The standard InChI is InChI=1S/C12H23N3O3S/c1-2-10-19(17,18)15-7-3-4-11(15)12(16)14-8-5-13-6-9-14/h11,13H,2-10H2,1H3. The number of nitrogens with one attached hydrogen (secondary N) is 1. The van der Waals surface area contributed by atoms with Crippen LogP contribution in [0.3, 0.4) is 0 Å². The fraction of sp³-hybridized carbons (Fsp3) is 0.917. The van der Waals surface area contributed by atoms with Crippen molar-refractivity contribution in [3.63, 3.8) is 0 Å². The molecule has 0 radical (unpaired) electrons. The van der Waals surface area contributed by atoms with Gasteiger partial charge in [0.05, 0.1) is 5.75 Å². The molecule has 0 spiro atoms. The van der Waals surface area contributed by atoms with Gasteiger partial charge in [0, 0.05) is 32.7 Å². The molecular formula is C12H23N3O3S. The quantitative estimate of drug-likeness (QED) is 0.766. The maximum atomic E-state index is 12.5. The first-order valence-corrected chi connectivity index (χ1v) is 8.66. The molecule has 2 saturated heterocycles. The molecule has 1 N–H and O–H groups in total. The fourth-order valence-electron chi connectivity index (χ4n) is 2.79. The van der Waals surface area contributed by atoms with E-state index in [1.165, 1.54) is 4.31 Å². The molecule has 2 heterocycles. The fourth-order valence-corrected chi connectivity index (χ4v) is 4.53. The Morgan fingerprint density at radius 2 is 1.95 bits per heavy atom. The van der Waals surface area contributed by atoms with Crippen molar-refractivity contribution in [2.75, 3.05) is 38.5 Å². The second-order valence-electron chi connectivity index (χ2n) is 5.16. The average molecular weight is 289 g/mol. The maximum absolute atomic E-state index is 12.5. The zero-order valence-electron chi connectivity index (χ0n) is 11.5. The van der Waals surface area contributed by atoms with Gasteiger partial charge in [-0.25, -0.2) is 8.42 Å². The molecule has 0 bridgehead atoms. The molecule has 0 aromatic rings. The lowest BCUT2D eigenvalue weighted by Gasteiger charge is -2.32. The van der Waals surface area contributed by atoms with Crippen molar-refractivity contribution >= 4 is 15.9 Å². The number of amides is 1. The van der Waals surface area contributed by atoms with Crippen LogP contribution in [0.15, 0.2) is 0 Å². The Kier molecular flexibility index (Phi) is 4.81.